The molecule has 7 nitrogen and oxygen atoms in total. The molecule has 1 aromatic rings. The van der Waals surface area contributed by atoms with E-state index in [9.17, 15) is 13.2 Å². The summed E-state index contributed by atoms with van der Waals surface area (Å²) < 4.78 is 29.3. The summed E-state index contributed by atoms with van der Waals surface area (Å²) >= 11 is 0. The topological polar surface area (TPSA) is 109 Å². The fourth-order valence-electron chi connectivity index (χ4n) is 1.11. The molecule has 96 valence electrons. The van der Waals surface area contributed by atoms with Crippen molar-refractivity contribution < 1.29 is 22.7 Å². The van der Waals surface area contributed by atoms with Gasteiger partial charge in [0.2, 0.25) is 10.0 Å². The highest BCUT2D eigenvalue weighted by Crippen LogP contribution is 2.07. The molecule has 0 bridgehead atoms. The zero-order chi connectivity index (χ0) is 12.9. The molecule has 0 saturated heterocycles. The van der Waals surface area contributed by atoms with Crippen LogP contribution in [0.4, 0.5) is 0 Å². The van der Waals surface area contributed by atoms with Crippen LogP contribution < -0.4 is 10.0 Å². The van der Waals surface area contributed by atoms with Gasteiger partial charge in [0.05, 0.1) is 17.9 Å². The van der Waals surface area contributed by atoms with Crippen molar-refractivity contribution in [3.8, 4) is 0 Å². The number of furan rings is 1. The Morgan fingerprint density at radius 1 is 1.53 bits per heavy atom. The van der Waals surface area contributed by atoms with Crippen LogP contribution in [0.25, 0.3) is 0 Å². The van der Waals surface area contributed by atoms with E-state index in [0.717, 1.165) is 6.26 Å². The highest BCUT2D eigenvalue weighted by molar-refractivity contribution is 7.89. The van der Waals surface area contributed by atoms with E-state index in [1.807, 2.05) is 0 Å². The molecule has 0 amide bonds. The smallest absolute Gasteiger partial charge is 0.338 e. The summed E-state index contributed by atoms with van der Waals surface area (Å²) in [6, 6.07) is 1.39. The predicted molar refractivity (Wildman–Crippen MR) is 60.2 cm³/mol. The van der Waals surface area contributed by atoms with Crippen molar-refractivity contribution >= 4 is 16.0 Å². The van der Waals surface area contributed by atoms with Gasteiger partial charge in [0.15, 0.2) is 0 Å². The first-order valence-electron chi connectivity index (χ1n) is 4.87. The van der Waals surface area contributed by atoms with Crippen molar-refractivity contribution in [2.45, 2.75) is 6.54 Å². The lowest BCUT2D eigenvalue weighted by atomic mass is 10.3. The molecule has 0 fully saturated rings. The van der Waals surface area contributed by atoms with Gasteiger partial charge in [-0.2, -0.15) is 0 Å². The van der Waals surface area contributed by atoms with Gasteiger partial charge in [-0.25, -0.2) is 17.9 Å². The van der Waals surface area contributed by atoms with Gasteiger partial charge in [-0.05, 0) is 13.1 Å². The molecule has 0 aliphatic heterocycles. The standard InChI is InChI=1S/C9H14N2O5S/c1-10-17(14,15)3-2-11-5-8-4-7(6-16-8)9(12)13/h4,6,10-11H,2-3,5H2,1H3,(H,12,13). The first-order chi connectivity index (χ1) is 7.94. The molecule has 0 spiro atoms. The van der Waals surface area contributed by atoms with Crippen LogP contribution in [0.1, 0.15) is 16.1 Å². The van der Waals surface area contributed by atoms with Crippen LogP contribution >= 0.6 is 0 Å². The van der Waals surface area contributed by atoms with Gasteiger partial charge >= 0.3 is 5.97 Å². The molecule has 8 heteroatoms. The van der Waals surface area contributed by atoms with Crippen LogP contribution in [0.2, 0.25) is 0 Å². The van der Waals surface area contributed by atoms with Gasteiger partial charge in [-0.3, -0.25) is 0 Å². The summed E-state index contributed by atoms with van der Waals surface area (Å²) in [6.45, 7) is 0.540. The first-order valence-corrected chi connectivity index (χ1v) is 6.52. The monoisotopic (exact) mass is 262 g/mol. The van der Waals surface area contributed by atoms with E-state index >= 15 is 0 Å². The molecular formula is C9H14N2O5S. The Balaban J connectivity index is 2.34. The largest absolute Gasteiger partial charge is 0.478 e. The minimum absolute atomic E-state index is 0.0456. The van der Waals surface area contributed by atoms with Crippen LogP contribution in [0, 0.1) is 0 Å². The van der Waals surface area contributed by atoms with Crippen molar-refractivity contribution in [3.63, 3.8) is 0 Å². The number of hydrogen-bond acceptors (Lipinski definition) is 5. The van der Waals surface area contributed by atoms with Crippen molar-refractivity contribution in [1.29, 1.82) is 0 Å². The summed E-state index contributed by atoms with van der Waals surface area (Å²) in [7, 11) is -1.87. The third kappa shape index (κ3) is 4.55. The Labute approximate surface area is 98.9 Å². The van der Waals surface area contributed by atoms with E-state index in [1.54, 1.807) is 0 Å². The van der Waals surface area contributed by atoms with Crippen molar-refractivity contribution in [1.82, 2.24) is 10.0 Å². The molecule has 0 aromatic carbocycles. The minimum Gasteiger partial charge on any atom is -0.478 e. The van der Waals surface area contributed by atoms with Crippen LogP contribution in [-0.2, 0) is 16.6 Å². The van der Waals surface area contributed by atoms with Gasteiger partial charge in [0, 0.05) is 6.54 Å². The lowest BCUT2D eigenvalue weighted by Gasteiger charge is -2.03. The van der Waals surface area contributed by atoms with E-state index < -0.39 is 16.0 Å². The van der Waals surface area contributed by atoms with Gasteiger partial charge in [-0.15, -0.1) is 0 Å². The molecule has 1 aromatic heterocycles. The molecule has 0 radical (unpaired) electrons. The van der Waals surface area contributed by atoms with E-state index in [-0.39, 0.29) is 24.4 Å². The highest BCUT2D eigenvalue weighted by atomic mass is 32.2. The second kappa shape index (κ2) is 5.80. The second-order valence-electron chi connectivity index (χ2n) is 3.31. The Bertz CT molecular complexity index is 479. The summed E-state index contributed by atoms with van der Waals surface area (Å²) in [5.74, 6) is -0.655. The molecule has 0 aliphatic carbocycles. The molecule has 0 atom stereocenters. The summed E-state index contributed by atoms with van der Waals surface area (Å²) in [6.07, 6.45) is 1.14. The number of carbonyl (C=O) groups is 1. The third-order valence-corrected chi connectivity index (χ3v) is 3.42. The van der Waals surface area contributed by atoms with Gasteiger partial charge in [0.25, 0.3) is 0 Å². The fraction of sp³-hybridized carbons (Fsp3) is 0.444. The summed E-state index contributed by atoms with van der Waals surface area (Å²) in [5, 5.41) is 11.5. The number of nitrogens with one attached hydrogen (secondary N) is 2. The zero-order valence-corrected chi connectivity index (χ0v) is 10.1. The number of sulfonamides is 1. The number of carboxylic acids is 1. The Morgan fingerprint density at radius 3 is 2.76 bits per heavy atom. The van der Waals surface area contributed by atoms with E-state index in [2.05, 4.69) is 10.0 Å². The van der Waals surface area contributed by atoms with Crippen LogP contribution in [0.5, 0.6) is 0 Å². The molecule has 0 aliphatic rings. The quantitative estimate of drug-likeness (QED) is 0.578. The van der Waals surface area contributed by atoms with Crippen LogP contribution in [0.3, 0.4) is 0 Å². The van der Waals surface area contributed by atoms with E-state index in [1.165, 1.54) is 13.1 Å². The maximum absolute atomic E-state index is 11.1. The maximum atomic E-state index is 11.1. The molecule has 0 unspecified atom stereocenters. The lowest BCUT2D eigenvalue weighted by molar-refractivity contribution is 0.0696. The Hall–Kier alpha value is -1.38. The maximum Gasteiger partial charge on any atom is 0.338 e. The van der Waals surface area contributed by atoms with E-state index in [0.29, 0.717) is 5.76 Å². The average Bonchev–Trinajstić information content (AvgIpc) is 2.73. The fourth-order valence-corrected chi connectivity index (χ4v) is 1.72. The first kappa shape index (κ1) is 13.7. The second-order valence-corrected chi connectivity index (χ2v) is 5.35. The summed E-state index contributed by atoms with van der Waals surface area (Å²) in [4.78, 5) is 10.5. The normalized spacial score (nSPS) is 11.6. The Kier molecular flexibility index (Phi) is 4.67. The number of carboxylic acid groups (broad SMARTS) is 1. The lowest BCUT2D eigenvalue weighted by Crippen LogP contribution is -2.29. The number of rotatable bonds is 7. The van der Waals surface area contributed by atoms with Crippen molar-refractivity contribution in [2.24, 2.45) is 0 Å². The highest BCUT2D eigenvalue weighted by Gasteiger charge is 2.09. The molecule has 1 heterocycles. The number of hydrogen-bond donors (Lipinski definition) is 3. The molecule has 3 N–H and O–H groups in total. The molecular weight excluding hydrogens is 248 g/mol. The van der Waals surface area contributed by atoms with Gasteiger partial charge in [0.1, 0.15) is 12.0 Å². The SMILES string of the molecule is CNS(=O)(=O)CCNCc1cc(C(=O)O)co1. The van der Waals surface area contributed by atoms with Gasteiger partial charge in [-0.1, -0.05) is 0 Å². The van der Waals surface area contributed by atoms with Crippen molar-refractivity contribution in [3.05, 3.63) is 23.7 Å². The molecule has 17 heavy (non-hydrogen) atoms. The summed E-state index contributed by atoms with van der Waals surface area (Å²) in [5.41, 5.74) is 0.0737. The molecule has 1 rings (SSSR count). The Morgan fingerprint density at radius 2 is 2.24 bits per heavy atom. The van der Waals surface area contributed by atoms with Crippen LogP contribution in [0.15, 0.2) is 16.7 Å². The van der Waals surface area contributed by atoms with E-state index in [4.69, 9.17) is 9.52 Å². The van der Waals surface area contributed by atoms with Crippen LogP contribution in [-0.4, -0.2) is 38.8 Å². The molecule has 0 saturated carbocycles. The van der Waals surface area contributed by atoms with Gasteiger partial charge < -0.3 is 14.8 Å². The average molecular weight is 262 g/mol. The van der Waals surface area contributed by atoms with Crippen molar-refractivity contribution in [2.75, 3.05) is 19.3 Å². The minimum atomic E-state index is -3.22. The predicted octanol–water partition coefficient (Wildman–Crippen LogP) is -0.383. The zero-order valence-electron chi connectivity index (χ0n) is 9.26. The number of aromatic carboxylic acids is 1. The third-order valence-electron chi connectivity index (χ3n) is 2.06.